The zero-order valence-electron chi connectivity index (χ0n) is 11.9. The number of nitrogens with one attached hydrogen (secondary N) is 1. The van der Waals surface area contributed by atoms with Gasteiger partial charge >= 0.3 is 0 Å². The van der Waals surface area contributed by atoms with Crippen LogP contribution >= 0.6 is 11.6 Å². The number of aryl methyl sites for hydroxylation is 2. The molecule has 2 rings (SSSR count). The van der Waals surface area contributed by atoms with E-state index in [1.165, 1.54) is 0 Å². The third kappa shape index (κ3) is 3.43. The lowest BCUT2D eigenvalue weighted by Gasteiger charge is -2.13. The van der Waals surface area contributed by atoms with Gasteiger partial charge in [-0.15, -0.1) is 0 Å². The highest BCUT2D eigenvalue weighted by Gasteiger charge is 2.20. The Hall–Kier alpha value is -1.85. The molecule has 0 unspecified atom stereocenters. The number of rotatable bonds is 5. The summed E-state index contributed by atoms with van der Waals surface area (Å²) in [4.78, 5) is 12.2. The van der Waals surface area contributed by atoms with Crippen molar-refractivity contribution in [3.63, 3.8) is 0 Å². The number of halogens is 1. The van der Waals surface area contributed by atoms with Crippen molar-refractivity contribution >= 4 is 17.5 Å². The minimum atomic E-state index is -0.868. The molecule has 1 heterocycles. The third-order valence-electron chi connectivity index (χ3n) is 3.20. The van der Waals surface area contributed by atoms with Gasteiger partial charge in [-0.1, -0.05) is 41.9 Å². The normalized spacial score (nSPS) is 12.2. The van der Waals surface area contributed by atoms with E-state index in [1.807, 2.05) is 6.92 Å². The summed E-state index contributed by atoms with van der Waals surface area (Å²) in [5, 5.41) is 17.0. The Morgan fingerprint density at radius 2 is 2.19 bits per heavy atom. The number of carbonyl (C=O) groups is 1. The van der Waals surface area contributed by atoms with Gasteiger partial charge in [0.15, 0.2) is 0 Å². The SMILES string of the molecule is CCc1onc(C)c1C(=O)NC[C@@H](O)c1ccccc1Cl. The smallest absolute Gasteiger partial charge is 0.256 e. The van der Waals surface area contributed by atoms with Crippen molar-refractivity contribution in [2.75, 3.05) is 6.54 Å². The van der Waals surface area contributed by atoms with Crippen molar-refractivity contribution in [1.29, 1.82) is 0 Å². The molecule has 0 radical (unpaired) electrons. The molecular formula is C15H17ClN2O3. The molecule has 1 amide bonds. The fraction of sp³-hybridized carbons (Fsp3) is 0.333. The molecule has 0 aliphatic rings. The second-order valence-electron chi connectivity index (χ2n) is 4.67. The van der Waals surface area contributed by atoms with Gasteiger partial charge in [0.1, 0.15) is 11.3 Å². The number of carbonyl (C=O) groups excluding carboxylic acids is 1. The summed E-state index contributed by atoms with van der Waals surface area (Å²) in [6, 6.07) is 6.99. The first-order valence-corrected chi connectivity index (χ1v) is 7.08. The molecule has 112 valence electrons. The number of benzene rings is 1. The van der Waals surface area contributed by atoms with Gasteiger partial charge in [-0.05, 0) is 13.0 Å². The Morgan fingerprint density at radius 1 is 1.48 bits per heavy atom. The highest BCUT2D eigenvalue weighted by Crippen LogP contribution is 2.22. The summed E-state index contributed by atoms with van der Waals surface area (Å²) in [7, 11) is 0. The molecule has 0 fully saturated rings. The fourth-order valence-electron chi connectivity index (χ4n) is 2.08. The molecule has 1 atom stereocenters. The van der Waals surface area contributed by atoms with Gasteiger partial charge in [-0.25, -0.2) is 0 Å². The molecule has 1 aromatic heterocycles. The number of aromatic nitrogens is 1. The van der Waals surface area contributed by atoms with Crippen molar-refractivity contribution < 1.29 is 14.4 Å². The van der Waals surface area contributed by atoms with Crippen LogP contribution in [0.3, 0.4) is 0 Å². The minimum Gasteiger partial charge on any atom is -0.387 e. The summed E-state index contributed by atoms with van der Waals surface area (Å²) in [6.45, 7) is 3.66. The zero-order chi connectivity index (χ0) is 15.4. The van der Waals surface area contributed by atoms with Crippen LogP contribution < -0.4 is 5.32 Å². The summed E-state index contributed by atoms with van der Waals surface area (Å²) in [6.07, 6.45) is -0.288. The molecule has 6 heteroatoms. The minimum absolute atomic E-state index is 0.0658. The molecule has 2 N–H and O–H groups in total. The summed E-state index contributed by atoms with van der Waals surface area (Å²) >= 11 is 6.01. The molecular weight excluding hydrogens is 292 g/mol. The number of amides is 1. The van der Waals surface area contributed by atoms with Gasteiger partial charge in [0.05, 0.1) is 11.8 Å². The van der Waals surface area contributed by atoms with Crippen LogP contribution in [-0.2, 0) is 6.42 Å². The van der Waals surface area contributed by atoms with E-state index in [0.717, 1.165) is 0 Å². The van der Waals surface area contributed by atoms with Crippen molar-refractivity contribution in [3.05, 3.63) is 51.9 Å². The maximum atomic E-state index is 12.2. The summed E-state index contributed by atoms with van der Waals surface area (Å²) < 4.78 is 5.08. The lowest BCUT2D eigenvalue weighted by atomic mass is 10.1. The van der Waals surface area contributed by atoms with E-state index < -0.39 is 6.10 Å². The van der Waals surface area contributed by atoms with Crippen LogP contribution in [0.4, 0.5) is 0 Å². The van der Waals surface area contributed by atoms with Gasteiger partial charge < -0.3 is 14.9 Å². The molecule has 2 aromatic rings. The van der Waals surface area contributed by atoms with Crippen LogP contribution in [0.2, 0.25) is 5.02 Å². The van der Waals surface area contributed by atoms with Gasteiger partial charge in [-0.3, -0.25) is 4.79 Å². The maximum Gasteiger partial charge on any atom is 0.256 e. The first kappa shape index (κ1) is 15.5. The molecule has 0 spiro atoms. The fourth-order valence-corrected chi connectivity index (χ4v) is 2.34. The number of hydrogen-bond donors (Lipinski definition) is 2. The first-order chi connectivity index (χ1) is 10.0. The average molecular weight is 309 g/mol. The van der Waals surface area contributed by atoms with Crippen LogP contribution in [0.25, 0.3) is 0 Å². The van der Waals surface area contributed by atoms with Crippen molar-refractivity contribution in [2.45, 2.75) is 26.4 Å². The predicted octanol–water partition coefficient (Wildman–Crippen LogP) is 2.66. The largest absolute Gasteiger partial charge is 0.387 e. The van der Waals surface area contributed by atoms with E-state index in [2.05, 4.69) is 10.5 Å². The number of aliphatic hydroxyl groups excluding tert-OH is 1. The van der Waals surface area contributed by atoms with E-state index in [1.54, 1.807) is 31.2 Å². The van der Waals surface area contributed by atoms with Gasteiger partial charge in [-0.2, -0.15) is 0 Å². The Kier molecular flexibility index (Phi) is 4.98. The second-order valence-corrected chi connectivity index (χ2v) is 5.07. The molecule has 0 saturated heterocycles. The summed E-state index contributed by atoms with van der Waals surface area (Å²) in [5.41, 5.74) is 1.55. The second kappa shape index (κ2) is 6.74. The van der Waals surface area contributed by atoms with Gasteiger partial charge in [0.25, 0.3) is 5.91 Å². The topological polar surface area (TPSA) is 75.4 Å². The van der Waals surface area contributed by atoms with Crippen LogP contribution in [0.1, 0.15) is 40.4 Å². The molecule has 0 saturated carbocycles. The first-order valence-electron chi connectivity index (χ1n) is 6.70. The lowest BCUT2D eigenvalue weighted by molar-refractivity contribution is 0.0914. The van der Waals surface area contributed by atoms with Crippen molar-refractivity contribution in [3.8, 4) is 0 Å². The lowest BCUT2D eigenvalue weighted by Crippen LogP contribution is -2.29. The Labute approximate surface area is 127 Å². The van der Waals surface area contributed by atoms with Gasteiger partial charge in [0, 0.05) is 23.6 Å². The number of hydrogen-bond acceptors (Lipinski definition) is 4. The number of aliphatic hydroxyl groups is 1. The molecule has 1 aromatic carbocycles. The quantitative estimate of drug-likeness (QED) is 0.890. The Balaban J connectivity index is 2.04. The Morgan fingerprint density at radius 3 is 2.86 bits per heavy atom. The maximum absolute atomic E-state index is 12.2. The van der Waals surface area contributed by atoms with Crippen LogP contribution in [-0.4, -0.2) is 22.7 Å². The average Bonchev–Trinajstić information content (AvgIpc) is 2.86. The third-order valence-corrected chi connectivity index (χ3v) is 3.55. The molecule has 0 aliphatic carbocycles. The van der Waals surface area contributed by atoms with Crippen LogP contribution in [0, 0.1) is 6.92 Å². The highest BCUT2D eigenvalue weighted by molar-refractivity contribution is 6.31. The molecule has 21 heavy (non-hydrogen) atoms. The van der Waals surface area contributed by atoms with Crippen LogP contribution in [0.15, 0.2) is 28.8 Å². The molecule has 0 bridgehead atoms. The number of nitrogens with zero attached hydrogens (tertiary/aromatic N) is 1. The monoisotopic (exact) mass is 308 g/mol. The van der Waals surface area contributed by atoms with E-state index in [0.29, 0.717) is 34.0 Å². The molecule has 0 aliphatic heterocycles. The van der Waals surface area contributed by atoms with Gasteiger partial charge in [0.2, 0.25) is 0 Å². The van der Waals surface area contributed by atoms with Crippen molar-refractivity contribution in [1.82, 2.24) is 10.5 Å². The van der Waals surface area contributed by atoms with E-state index >= 15 is 0 Å². The molecule has 5 nitrogen and oxygen atoms in total. The van der Waals surface area contributed by atoms with Crippen molar-refractivity contribution in [2.24, 2.45) is 0 Å². The standard InChI is InChI=1S/C15H17ClN2O3/c1-3-13-14(9(2)18-21-13)15(20)17-8-12(19)10-6-4-5-7-11(10)16/h4-7,12,19H,3,8H2,1-2H3,(H,17,20)/t12-/m1/s1. The Bertz CT molecular complexity index is 640. The zero-order valence-corrected chi connectivity index (χ0v) is 12.6. The predicted molar refractivity (Wildman–Crippen MR) is 79.4 cm³/mol. The van der Waals surface area contributed by atoms with E-state index in [9.17, 15) is 9.90 Å². The highest BCUT2D eigenvalue weighted by atomic mass is 35.5. The van der Waals surface area contributed by atoms with Crippen LogP contribution in [0.5, 0.6) is 0 Å². The summed E-state index contributed by atoms with van der Waals surface area (Å²) in [5.74, 6) is 0.230. The van der Waals surface area contributed by atoms with E-state index in [4.69, 9.17) is 16.1 Å². The van der Waals surface area contributed by atoms with E-state index in [-0.39, 0.29) is 12.5 Å².